The SMILES string of the molecule is COC(=O)[C@@H](NS(=O)(=O)c1cccc2ccccc12)[C@@H](NS(=O)(=O)c1cccc2ccccc12)C(=O)OC. The van der Waals surface area contributed by atoms with Crippen LogP contribution in [0.5, 0.6) is 0 Å². The van der Waals surface area contributed by atoms with Crippen LogP contribution >= 0.6 is 0 Å². The topological polar surface area (TPSA) is 145 Å². The monoisotopic (exact) mass is 556 g/mol. The van der Waals surface area contributed by atoms with Crippen molar-refractivity contribution in [2.75, 3.05) is 14.2 Å². The Bertz CT molecular complexity index is 1600. The average molecular weight is 557 g/mol. The first kappa shape index (κ1) is 27.2. The smallest absolute Gasteiger partial charge is 0.326 e. The van der Waals surface area contributed by atoms with Gasteiger partial charge < -0.3 is 9.47 Å². The Morgan fingerprint density at radius 1 is 0.579 bits per heavy atom. The zero-order valence-corrected chi connectivity index (χ0v) is 22.0. The highest BCUT2D eigenvalue weighted by Gasteiger charge is 2.42. The first-order valence-corrected chi connectivity index (χ1v) is 14.2. The Balaban J connectivity index is 1.78. The van der Waals surface area contributed by atoms with Gasteiger partial charge in [0.1, 0.15) is 12.1 Å². The third-order valence-corrected chi connectivity index (χ3v) is 8.88. The van der Waals surface area contributed by atoms with Gasteiger partial charge in [-0.15, -0.1) is 0 Å². The minimum absolute atomic E-state index is 0.176. The molecule has 0 saturated carbocycles. The first-order valence-electron chi connectivity index (χ1n) is 11.2. The minimum atomic E-state index is -4.48. The lowest BCUT2D eigenvalue weighted by Gasteiger charge is -2.25. The summed E-state index contributed by atoms with van der Waals surface area (Å²) in [6.07, 6.45) is 0. The van der Waals surface area contributed by atoms with Crippen LogP contribution < -0.4 is 9.44 Å². The Morgan fingerprint density at radius 3 is 1.29 bits per heavy atom. The van der Waals surface area contributed by atoms with Crippen molar-refractivity contribution >= 4 is 53.5 Å². The van der Waals surface area contributed by atoms with E-state index in [0.29, 0.717) is 21.5 Å². The normalized spacial score (nSPS) is 13.6. The molecule has 12 heteroatoms. The molecule has 4 aromatic rings. The molecule has 2 atom stereocenters. The number of methoxy groups -OCH3 is 2. The molecule has 0 bridgehead atoms. The van der Waals surface area contributed by atoms with Gasteiger partial charge >= 0.3 is 11.9 Å². The number of sulfonamides is 2. The van der Waals surface area contributed by atoms with Gasteiger partial charge in [0, 0.05) is 10.8 Å². The van der Waals surface area contributed by atoms with E-state index in [1.54, 1.807) is 60.7 Å². The highest BCUT2D eigenvalue weighted by atomic mass is 32.2. The highest BCUT2D eigenvalue weighted by Crippen LogP contribution is 2.25. The predicted molar refractivity (Wildman–Crippen MR) is 140 cm³/mol. The molecule has 0 fully saturated rings. The maximum absolute atomic E-state index is 13.5. The van der Waals surface area contributed by atoms with Gasteiger partial charge in [0.25, 0.3) is 0 Å². The average Bonchev–Trinajstić information content (AvgIpc) is 2.93. The van der Waals surface area contributed by atoms with E-state index in [0.717, 1.165) is 14.2 Å². The molecule has 198 valence electrons. The number of esters is 2. The van der Waals surface area contributed by atoms with Crippen LogP contribution in [0.3, 0.4) is 0 Å². The second-order valence-corrected chi connectivity index (χ2v) is 11.6. The Kier molecular flexibility index (Phi) is 7.78. The molecular formula is C26H24N2O8S2. The van der Waals surface area contributed by atoms with Crippen molar-refractivity contribution in [2.24, 2.45) is 0 Å². The van der Waals surface area contributed by atoms with Crippen molar-refractivity contribution in [2.45, 2.75) is 21.9 Å². The molecule has 0 saturated heterocycles. The zero-order valence-electron chi connectivity index (χ0n) is 20.3. The molecule has 38 heavy (non-hydrogen) atoms. The number of rotatable bonds is 9. The second kappa shape index (κ2) is 10.9. The second-order valence-electron chi connectivity index (χ2n) is 8.20. The standard InChI is InChI=1S/C26H24N2O8S2/c1-35-25(29)23(27-37(31,32)21-15-7-11-17-9-3-5-13-19(17)21)24(26(30)36-2)28-38(33,34)22-16-8-12-18-10-4-6-14-20(18)22/h3-16,23-24,27-28H,1-2H3/t23-,24+. The van der Waals surface area contributed by atoms with Crippen LogP contribution in [-0.4, -0.2) is 55.1 Å². The summed E-state index contributed by atoms with van der Waals surface area (Å²) in [4.78, 5) is 25.2. The molecular weight excluding hydrogens is 532 g/mol. The van der Waals surface area contributed by atoms with Gasteiger partial charge in [-0.1, -0.05) is 72.8 Å². The molecule has 0 radical (unpaired) electrons. The van der Waals surface area contributed by atoms with E-state index < -0.39 is 44.1 Å². The molecule has 0 unspecified atom stereocenters. The van der Waals surface area contributed by atoms with Crippen LogP contribution in [0.25, 0.3) is 21.5 Å². The molecule has 0 amide bonds. The van der Waals surface area contributed by atoms with E-state index in [9.17, 15) is 26.4 Å². The molecule has 0 aliphatic carbocycles. The first-order chi connectivity index (χ1) is 18.1. The fraction of sp³-hybridized carbons (Fsp3) is 0.154. The van der Waals surface area contributed by atoms with Crippen LogP contribution in [0, 0.1) is 0 Å². The summed E-state index contributed by atoms with van der Waals surface area (Å²) in [7, 11) is -6.99. The Labute approximate surface area is 219 Å². The van der Waals surface area contributed by atoms with E-state index in [2.05, 4.69) is 9.44 Å². The minimum Gasteiger partial charge on any atom is -0.468 e. The number of benzene rings is 4. The van der Waals surface area contributed by atoms with Crippen molar-refractivity contribution < 1.29 is 35.9 Å². The maximum atomic E-state index is 13.5. The van der Waals surface area contributed by atoms with E-state index >= 15 is 0 Å². The number of ether oxygens (including phenoxy) is 2. The van der Waals surface area contributed by atoms with Crippen molar-refractivity contribution in [1.82, 2.24) is 9.44 Å². The summed E-state index contributed by atoms with van der Waals surface area (Å²) in [5.41, 5.74) is 0. The molecule has 0 aromatic heterocycles. The van der Waals surface area contributed by atoms with Gasteiger partial charge in [0.2, 0.25) is 20.0 Å². The van der Waals surface area contributed by atoms with Crippen molar-refractivity contribution in [3.8, 4) is 0 Å². The van der Waals surface area contributed by atoms with E-state index in [1.807, 2.05) is 0 Å². The number of hydrogen-bond acceptors (Lipinski definition) is 8. The van der Waals surface area contributed by atoms with E-state index in [4.69, 9.17) is 9.47 Å². The van der Waals surface area contributed by atoms with Crippen LogP contribution in [0.4, 0.5) is 0 Å². The Morgan fingerprint density at radius 2 is 0.921 bits per heavy atom. The predicted octanol–water partition coefficient (Wildman–Crippen LogP) is 2.33. The Hall–Kier alpha value is -3.84. The summed E-state index contributed by atoms with van der Waals surface area (Å²) in [5, 5.41) is 1.95. The van der Waals surface area contributed by atoms with Crippen LogP contribution in [-0.2, 0) is 39.1 Å². The summed E-state index contributed by atoms with van der Waals surface area (Å²) in [6.45, 7) is 0. The van der Waals surface area contributed by atoms with Gasteiger partial charge in [0.15, 0.2) is 0 Å². The lowest BCUT2D eigenvalue weighted by atomic mass is 10.1. The number of fused-ring (bicyclic) bond motifs is 2. The molecule has 2 N–H and O–H groups in total. The third-order valence-electron chi connectivity index (χ3n) is 5.89. The maximum Gasteiger partial charge on any atom is 0.326 e. The van der Waals surface area contributed by atoms with Gasteiger partial charge in [-0.05, 0) is 22.9 Å². The van der Waals surface area contributed by atoms with Crippen LogP contribution in [0.2, 0.25) is 0 Å². The van der Waals surface area contributed by atoms with Crippen LogP contribution in [0.1, 0.15) is 0 Å². The molecule has 0 aliphatic heterocycles. The molecule has 4 rings (SSSR count). The third kappa shape index (κ3) is 5.38. The fourth-order valence-corrected chi connectivity index (χ4v) is 6.93. The summed E-state index contributed by atoms with van der Waals surface area (Å²) < 4.78 is 67.6. The lowest BCUT2D eigenvalue weighted by molar-refractivity contribution is -0.151. The molecule has 0 spiro atoms. The molecule has 0 heterocycles. The quantitative estimate of drug-likeness (QED) is 0.299. The van der Waals surface area contributed by atoms with Gasteiger partial charge in [0.05, 0.1) is 24.0 Å². The fourth-order valence-electron chi connectivity index (χ4n) is 4.08. The van der Waals surface area contributed by atoms with Gasteiger partial charge in [-0.25, -0.2) is 16.8 Å². The number of hydrogen-bond donors (Lipinski definition) is 2. The van der Waals surface area contributed by atoms with Crippen molar-refractivity contribution in [3.63, 3.8) is 0 Å². The largest absolute Gasteiger partial charge is 0.468 e. The van der Waals surface area contributed by atoms with Crippen LogP contribution in [0.15, 0.2) is 94.7 Å². The summed E-state index contributed by atoms with van der Waals surface area (Å²) in [5.74, 6) is -2.41. The van der Waals surface area contributed by atoms with Crippen molar-refractivity contribution in [1.29, 1.82) is 0 Å². The van der Waals surface area contributed by atoms with E-state index in [1.165, 1.54) is 24.3 Å². The zero-order chi connectivity index (χ0) is 27.5. The number of carbonyl (C=O) groups is 2. The molecule has 10 nitrogen and oxygen atoms in total. The number of nitrogens with one attached hydrogen (secondary N) is 2. The van der Waals surface area contributed by atoms with Gasteiger partial charge in [-0.3, -0.25) is 9.59 Å². The molecule has 4 aromatic carbocycles. The summed E-state index contributed by atoms with van der Waals surface area (Å²) in [6, 6.07) is 18.5. The summed E-state index contributed by atoms with van der Waals surface area (Å²) >= 11 is 0. The molecule has 0 aliphatic rings. The van der Waals surface area contributed by atoms with Crippen molar-refractivity contribution in [3.05, 3.63) is 84.9 Å². The number of carbonyl (C=O) groups excluding carboxylic acids is 2. The highest BCUT2D eigenvalue weighted by molar-refractivity contribution is 7.90. The van der Waals surface area contributed by atoms with E-state index in [-0.39, 0.29) is 9.79 Å². The van der Waals surface area contributed by atoms with Gasteiger partial charge in [-0.2, -0.15) is 9.44 Å². The lowest BCUT2D eigenvalue weighted by Crippen LogP contribution is -2.59.